The van der Waals surface area contributed by atoms with E-state index in [2.05, 4.69) is 0 Å². The Labute approximate surface area is 92.7 Å². The van der Waals surface area contributed by atoms with Crippen molar-refractivity contribution in [1.29, 1.82) is 0 Å². The zero-order valence-corrected chi connectivity index (χ0v) is 9.95. The van der Waals surface area contributed by atoms with Gasteiger partial charge >= 0.3 is 0 Å². The lowest BCUT2D eigenvalue weighted by Crippen LogP contribution is -2.53. The van der Waals surface area contributed by atoms with Gasteiger partial charge in [0.25, 0.3) is 0 Å². The third-order valence-corrected chi connectivity index (χ3v) is 2.93. The molecule has 1 unspecified atom stereocenters. The van der Waals surface area contributed by atoms with E-state index in [0.29, 0.717) is 6.42 Å². The average Bonchev–Trinajstić information content (AvgIpc) is 2.16. The number of rotatable bonds is 8. The molecule has 0 saturated carbocycles. The molecule has 4 heteroatoms. The molecule has 0 aliphatic carbocycles. The molecule has 0 aliphatic rings. The van der Waals surface area contributed by atoms with Gasteiger partial charge in [-0.3, -0.25) is 0 Å². The van der Waals surface area contributed by atoms with Crippen LogP contribution in [0.4, 0.5) is 0 Å². The first-order valence-electron chi connectivity index (χ1n) is 5.77. The highest BCUT2D eigenvalue weighted by Gasteiger charge is 2.22. The Balaban J connectivity index is 3.46. The maximum atomic E-state index is 9.11. The Morgan fingerprint density at radius 1 is 1.13 bits per heavy atom. The van der Waals surface area contributed by atoms with Crippen LogP contribution in [0.15, 0.2) is 0 Å². The summed E-state index contributed by atoms with van der Waals surface area (Å²) in [6.07, 6.45) is 3.77. The van der Waals surface area contributed by atoms with Gasteiger partial charge in [-0.05, 0) is 18.8 Å². The fraction of sp³-hybridized carbons (Fsp3) is 1.00. The van der Waals surface area contributed by atoms with Crippen molar-refractivity contribution in [2.75, 3.05) is 6.61 Å². The summed E-state index contributed by atoms with van der Waals surface area (Å²) >= 11 is 0. The molecule has 0 aromatic carbocycles. The lowest BCUT2D eigenvalue weighted by atomic mass is 9.92. The van der Waals surface area contributed by atoms with Gasteiger partial charge in [0.2, 0.25) is 0 Å². The van der Waals surface area contributed by atoms with E-state index in [1.807, 2.05) is 13.8 Å². The molecule has 6 N–H and O–H groups in total. The fourth-order valence-corrected chi connectivity index (χ4v) is 1.37. The standard InChI is InChI=1S/C11H26N2O2/c1-9(2)11(12,13)7-5-3-4-6-10(15)8-14/h9-10,14-15H,3-8,12-13H2,1-2H3. The van der Waals surface area contributed by atoms with Crippen molar-refractivity contribution in [2.45, 2.75) is 57.7 Å². The van der Waals surface area contributed by atoms with Gasteiger partial charge in [0, 0.05) is 0 Å². The van der Waals surface area contributed by atoms with Crippen molar-refractivity contribution in [1.82, 2.24) is 0 Å². The molecule has 0 amide bonds. The minimum absolute atomic E-state index is 0.149. The van der Waals surface area contributed by atoms with Gasteiger partial charge in [-0.2, -0.15) is 0 Å². The number of aliphatic hydroxyl groups is 2. The molecule has 0 aromatic rings. The molecule has 0 aromatic heterocycles. The summed E-state index contributed by atoms with van der Waals surface area (Å²) in [7, 11) is 0. The molecule has 0 fully saturated rings. The van der Waals surface area contributed by atoms with Gasteiger partial charge < -0.3 is 21.7 Å². The molecular formula is C11H26N2O2. The van der Waals surface area contributed by atoms with Crippen molar-refractivity contribution in [2.24, 2.45) is 17.4 Å². The van der Waals surface area contributed by atoms with Crippen LogP contribution in [0, 0.1) is 5.92 Å². The molecule has 15 heavy (non-hydrogen) atoms. The summed E-state index contributed by atoms with van der Waals surface area (Å²) in [5, 5.41) is 17.7. The van der Waals surface area contributed by atoms with E-state index in [4.69, 9.17) is 21.7 Å². The molecule has 0 saturated heterocycles. The van der Waals surface area contributed by atoms with Crippen molar-refractivity contribution in [3.63, 3.8) is 0 Å². The van der Waals surface area contributed by atoms with Crippen molar-refractivity contribution >= 4 is 0 Å². The van der Waals surface area contributed by atoms with Crippen LogP contribution in [0.5, 0.6) is 0 Å². The van der Waals surface area contributed by atoms with Crippen molar-refractivity contribution in [3.8, 4) is 0 Å². The molecule has 0 aliphatic heterocycles. The molecular weight excluding hydrogens is 192 g/mol. The highest BCUT2D eigenvalue weighted by molar-refractivity contribution is 4.79. The highest BCUT2D eigenvalue weighted by atomic mass is 16.3. The quantitative estimate of drug-likeness (QED) is 0.354. The van der Waals surface area contributed by atoms with Gasteiger partial charge in [-0.1, -0.05) is 33.1 Å². The predicted molar refractivity (Wildman–Crippen MR) is 62.1 cm³/mol. The van der Waals surface area contributed by atoms with Crippen LogP contribution in [0.25, 0.3) is 0 Å². The molecule has 0 heterocycles. The van der Waals surface area contributed by atoms with E-state index < -0.39 is 11.8 Å². The molecule has 4 nitrogen and oxygen atoms in total. The first-order chi connectivity index (χ1) is 6.90. The van der Waals surface area contributed by atoms with Gasteiger partial charge in [-0.25, -0.2) is 0 Å². The first kappa shape index (κ1) is 14.8. The summed E-state index contributed by atoms with van der Waals surface area (Å²) in [5.74, 6) is 0.278. The largest absolute Gasteiger partial charge is 0.394 e. The number of nitrogens with two attached hydrogens (primary N) is 2. The van der Waals surface area contributed by atoms with E-state index >= 15 is 0 Å². The van der Waals surface area contributed by atoms with Crippen LogP contribution in [0.1, 0.15) is 46.0 Å². The maximum Gasteiger partial charge on any atom is 0.0770 e. The van der Waals surface area contributed by atoms with E-state index in [1.165, 1.54) is 0 Å². The Morgan fingerprint density at radius 3 is 2.20 bits per heavy atom. The molecule has 0 radical (unpaired) electrons. The van der Waals surface area contributed by atoms with Crippen LogP contribution in [-0.4, -0.2) is 28.6 Å². The molecule has 0 rings (SSSR count). The van der Waals surface area contributed by atoms with Crippen molar-refractivity contribution < 1.29 is 10.2 Å². The summed E-state index contributed by atoms with van der Waals surface area (Å²) in [6, 6.07) is 0. The second-order valence-electron chi connectivity index (χ2n) is 4.70. The maximum absolute atomic E-state index is 9.11. The Bertz CT molecular complexity index is 161. The number of hydrogen-bond acceptors (Lipinski definition) is 4. The third kappa shape index (κ3) is 6.84. The van der Waals surface area contributed by atoms with Crippen molar-refractivity contribution in [3.05, 3.63) is 0 Å². The first-order valence-corrected chi connectivity index (χ1v) is 5.77. The van der Waals surface area contributed by atoms with Crippen LogP contribution in [0.3, 0.4) is 0 Å². The summed E-state index contributed by atoms with van der Waals surface area (Å²) in [4.78, 5) is 0. The van der Waals surface area contributed by atoms with E-state index in [0.717, 1.165) is 25.7 Å². The number of aliphatic hydroxyl groups excluding tert-OH is 2. The second kappa shape index (κ2) is 7.17. The minimum Gasteiger partial charge on any atom is -0.394 e. The molecule has 0 spiro atoms. The smallest absolute Gasteiger partial charge is 0.0770 e. The molecule has 92 valence electrons. The zero-order chi connectivity index (χ0) is 11.9. The van der Waals surface area contributed by atoms with E-state index in [-0.39, 0.29) is 12.5 Å². The zero-order valence-electron chi connectivity index (χ0n) is 9.95. The predicted octanol–water partition coefficient (Wildman–Crippen LogP) is 0.560. The van der Waals surface area contributed by atoms with Crippen LogP contribution in [0.2, 0.25) is 0 Å². The molecule has 0 bridgehead atoms. The minimum atomic E-state index is -0.574. The summed E-state index contributed by atoms with van der Waals surface area (Å²) in [5.41, 5.74) is 11.3. The topological polar surface area (TPSA) is 92.5 Å². The van der Waals surface area contributed by atoms with Crippen LogP contribution >= 0.6 is 0 Å². The van der Waals surface area contributed by atoms with Crippen LogP contribution in [-0.2, 0) is 0 Å². The Morgan fingerprint density at radius 2 is 1.73 bits per heavy atom. The lowest BCUT2D eigenvalue weighted by molar-refractivity contribution is 0.0858. The second-order valence-corrected chi connectivity index (χ2v) is 4.70. The average molecular weight is 218 g/mol. The normalized spacial score (nSPS) is 14.6. The van der Waals surface area contributed by atoms with Gasteiger partial charge in [0.1, 0.15) is 0 Å². The SMILES string of the molecule is CC(C)C(N)(N)CCCCCC(O)CO. The Kier molecular flexibility index (Phi) is 7.09. The fourth-order valence-electron chi connectivity index (χ4n) is 1.37. The van der Waals surface area contributed by atoms with Gasteiger partial charge in [0.15, 0.2) is 0 Å². The number of hydrogen-bond donors (Lipinski definition) is 4. The van der Waals surface area contributed by atoms with E-state index in [1.54, 1.807) is 0 Å². The van der Waals surface area contributed by atoms with E-state index in [9.17, 15) is 0 Å². The summed E-state index contributed by atoms with van der Waals surface area (Å²) in [6.45, 7) is 3.90. The third-order valence-electron chi connectivity index (χ3n) is 2.93. The number of unbranched alkanes of at least 4 members (excludes halogenated alkanes) is 2. The molecule has 1 atom stereocenters. The monoisotopic (exact) mass is 218 g/mol. The lowest BCUT2D eigenvalue weighted by Gasteiger charge is -2.28. The van der Waals surface area contributed by atoms with Gasteiger partial charge in [-0.15, -0.1) is 0 Å². The Hall–Kier alpha value is -0.160. The van der Waals surface area contributed by atoms with Crippen LogP contribution < -0.4 is 11.5 Å². The van der Waals surface area contributed by atoms with Gasteiger partial charge in [0.05, 0.1) is 18.4 Å². The summed E-state index contributed by atoms with van der Waals surface area (Å²) < 4.78 is 0. The highest BCUT2D eigenvalue weighted by Crippen LogP contribution is 2.16.